The number of unbranched alkanes of at least 4 members (excludes halogenated alkanes) is 1. The van der Waals surface area contributed by atoms with Gasteiger partial charge >= 0.3 is 0 Å². The molecule has 1 aliphatic heterocycles. The van der Waals surface area contributed by atoms with Crippen LogP contribution in [0.3, 0.4) is 0 Å². The summed E-state index contributed by atoms with van der Waals surface area (Å²) in [5, 5.41) is 4.78. The molecule has 0 atom stereocenters. The minimum atomic E-state index is -4.08. The molecule has 2 fully saturated rings. The number of aryl methyl sites for hydroxylation is 3. The van der Waals surface area contributed by atoms with Gasteiger partial charge in [-0.25, -0.2) is 13.4 Å². The van der Waals surface area contributed by atoms with Crippen LogP contribution in [0.1, 0.15) is 66.6 Å². The molecule has 7 rings (SSSR count). The number of hydrogen-bond donors (Lipinski definition) is 1. The standard InChI is InChI=1S/C38H45N7O5S/c1-5-6-15-35-39-26(3)31(22-36(46)43-20-18-42(19-21-43)29-16-17-29)38(47)45(35)24-28-23-44(32-12-8-7-11-30(28)32)33-13-9-10-14-34(33)51(48,49)41-37-25(2)27(4)50-40-37/h7-14,23,29H,5-6,15-22,24H2,1-4H3,(H,40,41). The van der Waals surface area contributed by atoms with Crippen LogP contribution in [0, 0.1) is 20.8 Å². The van der Waals surface area contributed by atoms with E-state index in [0.29, 0.717) is 59.6 Å². The number of carbonyl (C=O) groups is 1. The average Bonchev–Trinajstić information content (AvgIpc) is 3.86. The summed E-state index contributed by atoms with van der Waals surface area (Å²) in [6, 6.07) is 15.2. The van der Waals surface area contributed by atoms with Gasteiger partial charge in [0.25, 0.3) is 15.6 Å². The zero-order valence-electron chi connectivity index (χ0n) is 29.7. The number of para-hydroxylation sites is 2. The molecule has 1 aliphatic carbocycles. The Morgan fingerprint density at radius 3 is 2.43 bits per heavy atom. The van der Waals surface area contributed by atoms with Crippen molar-refractivity contribution in [2.45, 2.75) is 83.7 Å². The summed E-state index contributed by atoms with van der Waals surface area (Å²) in [6.45, 7) is 10.7. The van der Waals surface area contributed by atoms with Crippen LogP contribution in [0.2, 0.25) is 0 Å². The highest BCUT2D eigenvalue weighted by molar-refractivity contribution is 7.92. The third-order valence-electron chi connectivity index (χ3n) is 10.3. The minimum absolute atomic E-state index is 0.0136. The van der Waals surface area contributed by atoms with Gasteiger partial charge < -0.3 is 14.0 Å². The molecule has 12 nitrogen and oxygen atoms in total. The van der Waals surface area contributed by atoms with Crippen LogP contribution >= 0.6 is 0 Å². The first-order valence-corrected chi connectivity index (χ1v) is 19.3. The molecule has 3 aromatic heterocycles. The monoisotopic (exact) mass is 711 g/mol. The second kappa shape index (κ2) is 14.1. The molecule has 2 aliphatic rings. The van der Waals surface area contributed by atoms with Crippen molar-refractivity contribution in [3.8, 4) is 5.69 Å². The van der Waals surface area contributed by atoms with E-state index in [1.54, 1.807) is 42.7 Å². The second-order valence-corrected chi connectivity index (χ2v) is 15.4. The first kappa shape index (κ1) is 34.7. The van der Waals surface area contributed by atoms with E-state index in [1.807, 2.05) is 46.9 Å². The van der Waals surface area contributed by atoms with Crippen molar-refractivity contribution in [2.24, 2.45) is 0 Å². The maximum Gasteiger partial charge on any atom is 0.265 e. The SMILES string of the molecule is CCCCc1nc(C)c(CC(=O)N2CCN(C3CC3)CC2)c(=O)n1Cc1cn(-c2ccccc2S(=O)(=O)Nc2noc(C)c2C)c2ccccc12. The first-order valence-electron chi connectivity index (χ1n) is 17.8. The maximum atomic E-state index is 14.4. The number of nitrogens with one attached hydrogen (secondary N) is 1. The van der Waals surface area contributed by atoms with E-state index < -0.39 is 10.0 Å². The van der Waals surface area contributed by atoms with Gasteiger partial charge in [0.1, 0.15) is 16.5 Å². The molecule has 5 aromatic rings. The van der Waals surface area contributed by atoms with Crippen LogP contribution in [0.15, 0.2) is 68.9 Å². The number of fused-ring (bicyclic) bond motifs is 1. The Kier molecular flexibility index (Phi) is 9.60. The van der Waals surface area contributed by atoms with Crippen LogP contribution in [-0.4, -0.2) is 75.6 Å². The maximum absolute atomic E-state index is 14.4. The van der Waals surface area contributed by atoms with E-state index in [2.05, 4.69) is 21.7 Å². The smallest absolute Gasteiger partial charge is 0.265 e. The highest BCUT2D eigenvalue weighted by atomic mass is 32.2. The van der Waals surface area contributed by atoms with E-state index in [0.717, 1.165) is 42.4 Å². The number of aromatic nitrogens is 4. The Morgan fingerprint density at radius 1 is 1.00 bits per heavy atom. The summed E-state index contributed by atoms with van der Waals surface area (Å²) in [5.74, 6) is 1.30. The Morgan fingerprint density at radius 2 is 1.73 bits per heavy atom. The zero-order valence-corrected chi connectivity index (χ0v) is 30.5. The highest BCUT2D eigenvalue weighted by Crippen LogP contribution is 2.31. The van der Waals surface area contributed by atoms with Gasteiger partial charge in [-0.15, -0.1) is 0 Å². The minimum Gasteiger partial charge on any atom is -0.359 e. The van der Waals surface area contributed by atoms with Gasteiger partial charge in [0.05, 0.1) is 24.2 Å². The van der Waals surface area contributed by atoms with Crippen LogP contribution in [0.5, 0.6) is 0 Å². The molecule has 0 unspecified atom stereocenters. The summed E-state index contributed by atoms with van der Waals surface area (Å²) in [4.78, 5) is 37.3. The number of amides is 1. The van der Waals surface area contributed by atoms with Crippen LogP contribution in [-0.2, 0) is 34.2 Å². The fraction of sp³-hybridized carbons (Fsp3) is 0.421. The number of anilines is 1. The Bertz CT molecular complexity index is 2260. The van der Waals surface area contributed by atoms with Gasteiger partial charge in [0.2, 0.25) is 5.91 Å². The molecule has 4 heterocycles. The van der Waals surface area contributed by atoms with Crippen molar-refractivity contribution >= 4 is 32.7 Å². The fourth-order valence-corrected chi connectivity index (χ4v) is 8.27. The molecule has 0 spiro atoms. The number of carbonyl (C=O) groups excluding carboxylic acids is 1. The largest absolute Gasteiger partial charge is 0.359 e. The number of hydrogen-bond acceptors (Lipinski definition) is 8. The van der Waals surface area contributed by atoms with E-state index in [4.69, 9.17) is 9.51 Å². The number of sulfonamides is 1. The lowest BCUT2D eigenvalue weighted by atomic mass is 10.1. The van der Waals surface area contributed by atoms with Crippen molar-refractivity contribution in [3.05, 3.63) is 99.1 Å². The lowest BCUT2D eigenvalue weighted by Crippen LogP contribution is -2.50. The van der Waals surface area contributed by atoms with Gasteiger partial charge in [0.15, 0.2) is 5.82 Å². The van der Waals surface area contributed by atoms with Crippen molar-refractivity contribution in [1.29, 1.82) is 0 Å². The molecule has 1 saturated carbocycles. The summed E-state index contributed by atoms with van der Waals surface area (Å²) in [6.07, 6.45) is 6.81. The van der Waals surface area contributed by atoms with Crippen LogP contribution in [0.25, 0.3) is 16.6 Å². The molecule has 2 aromatic carbocycles. The Labute approximate surface area is 298 Å². The third-order valence-corrected chi connectivity index (χ3v) is 11.7. The van der Waals surface area contributed by atoms with Crippen molar-refractivity contribution in [2.75, 3.05) is 30.9 Å². The molecule has 0 radical (unpaired) electrons. The Balaban J connectivity index is 1.24. The fourth-order valence-electron chi connectivity index (χ4n) is 7.01. The summed E-state index contributed by atoms with van der Waals surface area (Å²) >= 11 is 0. The molecule has 13 heteroatoms. The van der Waals surface area contributed by atoms with Gasteiger partial charge in [0, 0.05) is 67.0 Å². The second-order valence-electron chi connectivity index (χ2n) is 13.7. The number of benzene rings is 2. The van der Waals surface area contributed by atoms with Crippen LogP contribution < -0.4 is 10.3 Å². The molecule has 1 amide bonds. The van der Waals surface area contributed by atoms with Gasteiger partial charge in [-0.3, -0.25) is 23.8 Å². The lowest BCUT2D eigenvalue weighted by molar-refractivity contribution is -0.132. The normalized spacial score (nSPS) is 15.5. The number of nitrogens with zero attached hydrogens (tertiary/aromatic N) is 6. The molecule has 51 heavy (non-hydrogen) atoms. The molecule has 1 N–H and O–H groups in total. The van der Waals surface area contributed by atoms with E-state index in [1.165, 1.54) is 12.8 Å². The average molecular weight is 712 g/mol. The third kappa shape index (κ3) is 6.96. The summed E-state index contributed by atoms with van der Waals surface area (Å²) in [5.41, 5.74) is 3.48. The van der Waals surface area contributed by atoms with Crippen molar-refractivity contribution in [3.63, 3.8) is 0 Å². The highest BCUT2D eigenvalue weighted by Gasteiger charge is 2.33. The van der Waals surface area contributed by atoms with Gasteiger partial charge in [-0.05, 0) is 63.8 Å². The summed E-state index contributed by atoms with van der Waals surface area (Å²) in [7, 11) is -4.08. The van der Waals surface area contributed by atoms with E-state index in [9.17, 15) is 18.0 Å². The van der Waals surface area contributed by atoms with Gasteiger partial charge in [-0.1, -0.05) is 48.8 Å². The molecular weight excluding hydrogens is 667 g/mol. The quantitative estimate of drug-likeness (QED) is 0.188. The number of piperazine rings is 1. The zero-order chi connectivity index (χ0) is 35.9. The van der Waals surface area contributed by atoms with E-state index in [-0.39, 0.29) is 35.1 Å². The number of rotatable bonds is 12. The van der Waals surface area contributed by atoms with Crippen molar-refractivity contribution < 1.29 is 17.7 Å². The molecule has 268 valence electrons. The Hall–Kier alpha value is -4.75. The molecule has 0 bridgehead atoms. The lowest BCUT2D eigenvalue weighted by Gasteiger charge is -2.35. The summed E-state index contributed by atoms with van der Waals surface area (Å²) < 4.78 is 39.0. The topological polar surface area (TPSA) is 136 Å². The van der Waals surface area contributed by atoms with Crippen LogP contribution in [0.4, 0.5) is 5.82 Å². The van der Waals surface area contributed by atoms with Gasteiger partial charge in [-0.2, -0.15) is 0 Å². The molecule has 1 saturated heterocycles. The van der Waals surface area contributed by atoms with E-state index >= 15 is 0 Å². The first-order chi connectivity index (χ1) is 24.6. The predicted molar refractivity (Wildman–Crippen MR) is 196 cm³/mol. The predicted octanol–water partition coefficient (Wildman–Crippen LogP) is 5.14. The van der Waals surface area contributed by atoms with Crippen molar-refractivity contribution in [1.82, 2.24) is 29.1 Å². The molecular formula is C38H45N7O5S.